The summed E-state index contributed by atoms with van der Waals surface area (Å²) in [5, 5.41) is 7.75. The molecule has 1 heterocycles. The highest BCUT2D eigenvalue weighted by Crippen LogP contribution is 2.35. The lowest BCUT2D eigenvalue weighted by Crippen LogP contribution is -2.36. The van der Waals surface area contributed by atoms with E-state index in [1.165, 1.54) is 31.5 Å². The van der Waals surface area contributed by atoms with Gasteiger partial charge in [0.2, 0.25) is 0 Å². The Bertz CT molecular complexity index is 1150. The van der Waals surface area contributed by atoms with Gasteiger partial charge in [0.25, 0.3) is 0 Å². The van der Waals surface area contributed by atoms with E-state index in [2.05, 4.69) is 38.8 Å². The van der Waals surface area contributed by atoms with Crippen LogP contribution < -0.4 is 16.0 Å². The zero-order valence-corrected chi connectivity index (χ0v) is 21.8. The Hall–Kier alpha value is -4.02. The summed E-state index contributed by atoms with van der Waals surface area (Å²) in [4.78, 5) is 28.4. The van der Waals surface area contributed by atoms with Crippen molar-refractivity contribution in [2.24, 2.45) is 0 Å². The monoisotopic (exact) mass is 534 g/mol. The van der Waals surface area contributed by atoms with Crippen molar-refractivity contribution in [2.45, 2.75) is 57.5 Å². The van der Waals surface area contributed by atoms with Gasteiger partial charge in [-0.25, -0.2) is 9.59 Å². The van der Waals surface area contributed by atoms with Gasteiger partial charge in [-0.3, -0.25) is 10.3 Å². The lowest BCUT2D eigenvalue weighted by atomic mass is 10.00. The third kappa shape index (κ3) is 9.13. The largest absolute Gasteiger partial charge is 0.453 e. The number of hydrogen-bond acceptors (Lipinski definition) is 6. The molecule has 206 valence electrons. The second-order valence-electron chi connectivity index (χ2n) is 9.33. The zero-order chi connectivity index (χ0) is 28.5. The van der Waals surface area contributed by atoms with Gasteiger partial charge in [-0.2, -0.15) is 13.2 Å². The molecular formula is C27H33F3N4O4. The summed E-state index contributed by atoms with van der Waals surface area (Å²) in [6.45, 7) is 12.4. The van der Waals surface area contributed by atoms with Crippen LogP contribution in [0.1, 0.15) is 45.3 Å². The highest BCUT2D eigenvalue weighted by atomic mass is 19.4. The first-order valence-electron chi connectivity index (χ1n) is 11.8. The van der Waals surface area contributed by atoms with E-state index in [9.17, 15) is 22.8 Å². The summed E-state index contributed by atoms with van der Waals surface area (Å²) < 4.78 is 51.1. The van der Waals surface area contributed by atoms with Gasteiger partial charge in [-0.1, -0.05) is 18.2 Å². The average molecular weight is 535 g/mol. The van der Waals surface area contributed by atoms with E-state index in [1.807, 2.05) is 0 Å². The third-order valence-corrected chi connectivity index (χ3v) is 5.12. The Morgan fingerprint density at radius 1 is 1.05 bits per heavy atom. The minimum absolute atomic E-state index is 0.112. The Labute approximate surface area is 220 Å². The number of hydrogen-bond donors (Lipinski definition) is 3. The highest BCUT2D eigenvalue weighted by molar-refractivity contribution is 5.88. The Morgan fingerprint density at radius 3 is 2.32 bits per heavy atom. The molecule has 1 aromatic carbocycles. The van der Waals surface area contributed by atoms with Crippen molar-refractivity contribution in [1.29, 1.82) is 0 Å². The standard InChI is InChI=1S/C27H33F3N4O4/c1-7-9-20(34-25(36)38-26(3,4)5)22-15-17(13-14-31-22)19-12-11-18(32-24(35)37-6)16-21(19)33-23(10-8-2)27(28,29)30/h7-8,11-16,20,23,33H,1-2,9-10H2,3-6H3,(H,32,35)(H,34,36)/t20-,23?/m0/s1. The lowest BCUT2D eigenvalue weighted by molar-refractivity contribution is -0.141. The molecule has 0 aliphatic heterocycles. The van der Waals surface area contributed by atoms with E-state index < -0.39 is 36.0 Å². The molecule has 38 heavy (non-hydrogen) atoms. The van der Waals surface area contributed by atoms with Crippen LogP contribution in [-0.2, 0) is 9.47 Å². The fourth-order valence-corrected chi connectivity index (χ4v) is 3.47. The van der Waals surface area contributed by atoms with Gasteiger partial charge in [-0.05, 0) is 63.4 Å². The number of pyridine rings is 1. The predicted molar refractivity (Wildman–Crippen MR) is 141 cm³/mol. The number of nitrogens with one attached hydrogen (secondary N) is 3. The van der Waals surface area contributed by atoms with Crippen molar-refractivity contribution < 1.29 is 32.2 Å². The molecule has 0 aliphatic carbocycles. The molecule has 0 saturated heterocycles. The maximum Gasteiger partial charge on any atom is 0.411 e. The van der Waals surface area contributed by atoms with Crippen LogP contribution in [0, 0.1) is 0 Å². The van der Waals surface area contributed by atoms with Crippen LogP contribution in [0.3, 0.4) is 0 Å². The van der Waals surface area contributed by atoms with Crippen LogP contribution in [0.25, 0.3) is 11.1 Å². The molecule has 1 aromatic heterocycles. The molecule has 11 heteroatoms. The lowest BCUT2D eigenvalue weighted by Gasteiger charge is -2.24. The number of ether oxygens (including phenoxy) is 2. The molecule has 8 nitrogen and oxygen atoms in total. The number of nitrogens with zero attached hydrogens (tertiary/aromatic N) is 1. The maximum absolute atomic E-state index is 13.7. The minimum atomic E-state index is -4.56. The summed E-state index contributed by atoms with van der Waals surface area (Å²) in [5.74, 6) is 0. The van der Waals surface area contributed by atoms with Crippen LogP contribution in [0.2, 0.25) is 0 Å². The molecule has 0 aliphatic rings. The Kier molecular flexibility index (Phi) is 10.3. The number of aromatic nitrogens is 1. The molecule has 0 saturated carbocycles. The van der Waals surface area contributed by atoms with Gasteiger partial charge in [0.15, 0.2) is 0 Å². The number of amides is 2. The van der Waals surface area contributed by atoms with Crippen molar-refractivity contribution >= 4 is 23.6 Å². The second-order valence-corrected chi connectivity index (χ2v) is 9.33. The first-order chi connectivity index (χ1) is 17.8. The SMILES string of the molecule is C=CCC(Nc1cc(NC(=O)OC)ccc1-c1ccnc([C@H](CC=C)NC(=O)OC(C)(C)C)c1)C(F)(F)F. The average Bonchev–Trinajstić information content (AvgIpc) is 2.82. The fraction of sp³-hybridized carbons (Fsp3) is 0.370. The van der Waals surface area contributed by atoms with Crippen molar-refractivity contribution in [3.63, 3.8) is 0 Å². The number of alkyl halides is 3. The van der Waals surface area contributed by atoms with Gasteiger partial charge in [0, 0.05) is 23.1 Å². The van der Waals surface area contributed by atoms with Crippen molar-refractivity contribution in [3.05, 3.63) is 67.5 Å². The van der Waals surface area contributed by atoms with E-state index in [1.54, 1.807) is 45.0 Å². The summed E-state index contributed by atoms with van der Waals surface area (Å²) in [6.07, 6.45) is -1.74. The molecule has 3 N–H and O–H groups in total. The van der Waals surface area contributed by atoms with Crippen LogP contribution in [0.4, 0.5) is 34.1 Å². The summed E-state index contributed by atoms with van der Waals surface area (Å²) >= 11 is 0. The van der Waals surface area contributed by atoms with Gasteiger partial charge in [0.05, 0.1) is 18.8 Å². The number of anilines is 2. The number of alkyl carbamates (subject to hydrolysis) is 1. The van der Waals surface area contributed by atoms with Gasteiger partial charge in [-0.15, -0.1) is 13.2 Å². The smallest absolute Gasteiger partial charge is 0.411 e. The molecule has 2 aromatic rings. The Morgan fingerprint density at radius 2 is 1.74 bits per heavy atom. The number of benzene rings is 1. The molecule has 0 fully saturated rings. The molecule has 2 rings (SSSR count). The fourth-order valence-electron chi connectivity index (χ4n) is 3.47. The van der Waals surface area contributed by atoms with Crippen LogP contribution >= 0.6 is 0 Å². The number of carbonyl (C=O) groups excluding carboxylic acids is 2. The number of rotatable bonds is 10. The van der Waals surface area contributed by atoms with Crippen LogP contribution in [0.5, 0.6) is 0 Å². The van der Waals surface area contributed by atoms with Crippen LogP contribution in [0.15, 0.2) is 61.8 Å². The molecule has 0 radical (unpaired) electrons. The van der Waals surface area contributed by atoms with Gasteiger partial charge in [0.1, 0.15) is 11.6 Å². The predicted octanol–water partition coefficient (Wildman–Crippen LogP) is 6.99. The van der Waals surface area contributed by atoms with E-state index >= 15 is 0 Å². The van der Waals surface area contributed by atoms with Crippen molar-refractivity contribution in [3.8, 4) is 11.1 Å². The second kappa shape index (κ2) is 13.0. The van der Waals surface area contributed by atoms with Crippen LogP contribution in [-0.4, -0.2) is 42.1 Å². The summed E-state index contributed by atoms with van der Waals surface area (Å²) in [6, 6.07) is 5.26. The number of carbonyl (C=O) groups is 2. The van der Waals surface area contributed by atoms with Crippen molar-refractivity contribution in [1.82, 2.24) is 10.3 Å². The summed E-state index contributed by atoms with van der Waals surface area (Å²) in [5.41, 5.74) is 1.03. The first kappa shape index (κ1) is 30.2. The first-order valence-corrected chi connectivity index (χ1v) is 11.8. The number of halogens is 3. The molecule has 1 unspecified atom stereocenters. The quantitative estimate of drug-likeness (QED) is 0.284. The molecule has 0 spiro atoms. The summed E-state index contributed by atoms with van der Waals surface area (Å²) in [7, 11) is 1.18. The zero-order valence-electron chi connectivity index (χ0n) is 21.8. The maximum atomic E-state index is 13.7. The molecule has 2 atom stereocenters. The molecule has 0 bridgehead atoms. The van der Waals surface area contributed by atoms with Crippen molar-refractivity contribution in [2.75, 3.05) is 17.7 Å². The molecular weight excluding hydrogens is 501 g/mol. The third-order valence-electron chi connectivity index (χ3n) is 5.12. The van der Waals surface area contributed by atoms with E-state index in [0.29, 0.717) is 23.2 Å². The minimum Gasteiger partial charge on any atom is -0.453 e. The number of methoxy groups -OCH3 is 1. The van der Waals surface area contributed by atoms with E-state index in [4.69, 9.17) is 4.74 Å². The van der Waals surface area contributed by atoms with E-state index in [-0.39, 0.29) is 17.8 Å². The topological polar surface area (TPSA) is 102 Å². The van der Waals surface area contributed by atoms with Gasteiger partial charge >= 0.3 is 18.4 Å². The molecule has 2 amide bonds. The normalized spacial score (nSPS) is 13.0. The Balaban J connectivity index is 2.52. The van der Waals surface area contributed by atoms with E-state index in [0.717, 1.165) is 0 Å². The highest BCUT2D eigenvalue weighted by Gasteiger charge is 2.39. The van der Waals surface area contributed by atoms with Gasteiger partial charge < -0.3 is 20.1 Å².